The molecule has 1 aliphatic heterocycles. The molecule has 1 N–H and O–H groups in total. The zero-order valence-electron chi connectivity index (χ0n) is 18.1. The SMILES string of the molecule is COc1ccc(-c2[nH]ncc2CN2CCC[C@H](N(C)CCc3ccccc3)C2)cc1. The molecule has 4 rings (SSSR count). The third kappa shape index (κ3) is 5.10. The molecule has 30 heavy (non-hydrogen) atoms. The maximum absolute atomic E-state index is 5.28. The molecule has 1 aromatic heterocycles. The number of likely N-dealkylation sites (N-methyl/N-ethyl adjacent to an activating group) is 1. The number of ether oxygens (including phenoxy) is 1. The van der Waals surface area contributed by atoms with Crippen LogP contribution in [0.4, 0.5) is 0 Å². The Morgan fingerprint density at radius 2 is 1.93 bits per heavy atom. The molecule has 0 spiro atoms. The van der Waals surface area contributed by atoms with E-state index in [1.165, 1.54) is 24.0 Å². The van der Waals surface area contributed by atoms with Gasteiger partial charge in [0.05, 0.1) is 19.0 Å². The number of methoxy groups -OCH3 is 1. The lowest BCUT2D eigenvalue weighted by molar-refractivity contribution is 0.112. The van der Waals surface area contributed by atoms with Crippen molar-refractivity contribution in [3.8, 4) is 17.0 Å². The van der Waals surface area contributed by atoms with Gasteiger partial charge >= 0.3 is 0 Å². The lowest BCUT2D eigenvalue weighted by Crippen LogP contribution is -2.46. The fourth-order valence-corrected chi connectivity index (χ4v) is 4.35. The molecule has 2 aromatic carbocycles. The largest absolute Gasteiger partial charge is 0.497 e. The van der Waals surface area contributed by atoms with E-state index in [1.807, 2.05) is 18.3 Å². The van der Waals surface area contributed by atoms with Gasteiger partial charge in [0.1, 0.15) is 5.75 Å². The Balaban J connectivity index is 1.35. The van der Waals surface area contributed by atoms with Gasteiger partial charge in [-0.25, -0.2) is 0 Å². The second-order valence-electron chi connectivity index (χ2n) is 8.25. The Kier molecular flexibility index (Phi) is 6.82. The Hall–Kier alpha value is -2.63. The summed E-state index contributed by atoms with van der Waals surface area (Å²) in [6, 6.07) is 19.6. The fraction of sp³-hybridized carbons (Fsp3) is 0.400. The first-order valence-electron chi connectivity index (χ1n) is 10.9. The number of H-pyrrole nitrogens is 1. The van der Waals surface area contributed by atoms with Crippen molar-refractivity contribution in [2.24, 2.45) is 0 Å². The zero-order chi connectivity index (χ0) is 20.8. The summed E-state index contributed by atoms with van der Waals surface area (Å²) >= 11 is 0. The van der Waals surface area contributed by atoms with Crippen LogP contribution < -0.4 is 4.74 Å². The summed E-state index contributed by atoms with van der Waals surface area (Å²) in [6.45, 7) is 4.29. The van der Waals surface area contributed by atoms with E-state index in [1.54, 1.807) is 7.11 Å². The fourth-order valence-electron chi connectivity index (χ4n) is 4.35. The van der Waals surface area contributed by atoms with Crippen molar-refractivity contribution in [1.29, 1.82) is 0 Å². The maximum atomic E-state index is 5.28. The molecule has 1 aliphatic rings. The highest BCUT2D eigenvalue weighted by atomic mass is 16.5. The number of likely N-dealkylation sites (tertiary alicyclic amines) is 1. The summed E-state index contributed by atoms with van der Waals surface area (Å²) in [4.78, 5) is 5.12. The summed E-state index contributed by atoms with van der Waals surface area (Å²) in [5.41, 5.74) is 4.93. The van der Waals surface area contributed by atoms with Crippen molar-refractivity contribution in [1.82, 2.24) is 20.0 Å². The summed E-state index contributed by atoms with van der Waals surface area (Å²) in [5.74, 6) is 0.872. The Bertz CT molecular complexity index is 906. The molecule has 0 bridgehead atoms. The minimum absolute atomic E-state index is 0.610. The van der Waals surface area contributed by atoms with Gasteiger partial charge in [-0.3, -0.25) is 10.00 Å². The third-order valence-electron chi connectivity index (χ3n) is 6.19. The molecule has 5 nitrogen and oxygen atoms in total. The van der Waals surface area contributed by atoms with E-state index in [9.17, 15) is 0 Å². The number of benzene rings is 2. The van der Waals surface area contributed by atoms with Crippen LogP contribution in [0.5, 0.6) is 5.75 Å². The van der Waals surface area contributed by atoms with E-state index >= 15 is 0 Å². The smallest absolute Gasteiger partial charge is 0.118 e. The van der Waals surface area contributed by atoms with Crippen LogP contribution in [0.15, 0.2) is 60.8 Å². The molecule has 2 heterocycles. The number of piperidine rings is 1. The lowest BCUT2D eigenvalue weighted by Gasteiger charge is -2.37. The quantitative estimate of drug-likeness (QED) is 0.610. The number of nitrogens with one attached hydrogen (secondary N) is 1. The average Bonchev–Trinajstić information content (AvgIpc) is 3.26. The molecule has 1 atom stereocenters. The van der Waals surface area contributed by atoms with Gasteiger partial charge < -0.3 is 9.64 Å². The van der Waals surface area contributed by atoms with Crippen molar-refractivity contribution >= 4 is 0 Å². The summed E-state index contributed by atoms with van der Waals surface area (Å²) in [6.07, 6.45) is 5.61. The first kappa shape index (κ1) is 20.6. The van der Waals surface area contributed by atoms with Gasteiger partial charge in [-0.2, -0.15) is 5.10 Å². The number of nitrogens with zero attached hydrogens (tertiary/aromatic N) is 3. The third-order valence-corrected chi connectivity index (χ3v) is 6.19. The van der Waals surface area contributed by atoms with E-state index in [0.717, 1.165) is 49.6 Å². The lowest BCUT2D eigenvalue weighted by atomic mass is 10.0. The molecule has 0 saturated carbocycles. The predicted molar refractivity (Wildman–Crippen MR) is 122 cm³/mol. The van der Waals surface area contributed by atoms with E-state index in [0.29, 0.717) is 6.04 Å². The molecule has 3 aromatic rings. The predicted octanol–water partition coefficient (Wildman–Crippen LogP) is 4.22. The average molecular weight is 405 g/mol. The molecular weight excluding hydrogens is 372 g/mol. The maximum Gasteiger partial charge on any atom is 0.118 e. The Morgan fingerprint density at radius 3 is 2.70 bits per heavy atom. The number of aromatic nitrogens is 2. The highest BCUT2D eigenvalue weighted by Gasteiger charge is 2.24. The number of hydrogen-bond donors (Lipinski definition) is 1. The van der Waals surface area contributed by atoms with Crippen LogP contribution in [0.2, 0.25) is 0 Å². The second-order valence-corrected chi connectivity index (χ2v) is 8.25. The van der Waals surface area contributed by atoms with Crippen LogP contribution in [-0.4, -0.2) is 59.8 Å². The Morgan fingerprint density at radius 1 is 1.13 bits per heavy atom. The van der Waals surface area contributed by atoms with Crippen molar-refractivity contribution in [2.75, 3.05) is 33.8 Å². The van der Waals surface area contributed by atoms with Crippen LogP contribution in [0.3, 0.4) is 0 Å². The Labute approximate surface area is 179 Å². The van der Waals surface area contributed by atoms with Crippen LogP contribution in [0.1, 0.15) is 24.0 Å². The van der Waals surface area contributed by atoms with Crippen LogP contribution in [0, 0.1) is 0 Å². The molecule has 0 unspecified atom stereocenters. The monoisotopic (exact) mass is 404 g/mol. The molecular formula is C25H32N4O. The van der Waals surface area contributed by atoms with Crippen LogP contribution in [0.25, 0.3) is 11.3 Å². The highest BCUT2D eigenvalue weighted by molar-refractivity contribution is 5.63. The highest BCUT2D eigenvalue weighted by Crippen LogP contribution is 2.26. The number of rotatable bonds is 8. The molecule has 1 saturated heterocycles. The molecule has 0 aliphatic carbocycles. The van der Waals surface area contributed by atoms with Gasteiger partial charge in [0.15, 0.2) is 0 Å². The van der Waals surface area contributed by atoms with Gasteiger partial charge in [0.2, 0.25) is 0 Å². The molecule has 5 heteroatoms. The van der Waals surface area contributed by atoms with Crippen molar-refractivity contribution < 1.29 is 4.74 Å². The van der Waals surface area contributed by atoms with E-state index in [4.69, 9.17) is 4.74 Å². The second kappa shape index (κ2) is 9.92. The minimum atomic E-state index is 0.610. The number of hydrogen-bond acceptors (Lipinski definition) is 4. The van der Waals surface area contributed by atoms with Gasteiger partial charge in [-0.05, 0) is 62.7 Å². The van der Waals surface area contributed by atoms with Gasteiger partial charge in [0, 0.05) is 36.8 Å². The normalized spacial score (nSPS) is 17.4. The summed E-state index contributed by atoms with van der Waals surface area (Å²) < 4.78 is 5.28. The zero-order valence-corrected chi connectivity index (χ0v) is 18.1. The summed E-state index contributed by atoms with van der Waals surface area (Å²) in [7, 11) is 3.97. The van der Waals surface area contributed by atoms with Gasteiger partial charge in [-0.1, -0.05) is 30.3 Å². The van der Waals surface area contributed by atoms with Crippen molar-refractivity contribution in [2.45, 2.75) is 31.8 Å². The first-order valence-corrected chi connectivity index (χ1v) is 10.9. The topological polar surface area (TPSA) is 44.4 Å². The van der Waals surface area contributed by atoms with Gasteiger partial charge in [-0.15, -0.1) is 0 Å². The van der Waals surface area contributed by atoms with E-state index < -0.39 is 0 Å². The first-order chi connectivity index (χ1) is 14.7. The molecule has 0 amide bonds. The number of aromatic amines is 1. The van der Waals surface area contributed by atoms with E-state index in [-0.39, 0.29) is 0 Å². The minimum Gasteiger partial charge on any atom is -0.497 e. The van der Waals surface area contributed by atoms with Crippen LogP contribution in [-0.2, 0) is 13.0 Å². The van der Waals surface area contributed by atoms with Crippen molar-refractivity contribution in [3.63, 3.8) is 0 Å². The summed E-state index contributed by atoms with van der Waals surface area (Å²) in [5, 5.41) is 7.52. The molecule has 1 fully saturated rings. The molecule has 158 valence electrons. The van der Waals surface area contributed by atoms with Crippen LogP contribution >= 0.6 is 0 Å². The van der Waals surface area contributed by atoms with E-state index in [2.05, 4.69) is 69.5 Å². The van der Waals surface area contributed by atoms with Gasteiger partial charge in [0.25, 0.3) is 0 Å². The van der Waals surface area contributed by atoms with Crippen molar-refractivity contribution in [3.05, 3.63) is 71.9 Å². The standard InChI is InChI=1S/C25H32N4O/c1-28(16-14-20-7-4-3-5-8-20)23-9-6-15-29(19-23)18-22-17-26-27-25(22)21-10-12-24(30-2)13-11-21/h3-5,7-8,10-13,17,23H,6,9,14-16,18-19H2,1-2H3,(H,26,27)/t23-/m0/s1. The molecule has 0 radical (unpaired) electrons.